The Morgan fingerprint density at radius 3 is 2.41 bits per heavy atom. The maximum Gasteiger partial charge on any atom is 0.119 e. The predicted octanol–water partition coefficient (Wildman–Crippen LogP) is 4.58. The van der Waals surface area contributed by atoms with Crippen molar-refractivity contribution in [2.75, 3.05) is 44.2 Å². The summed E-state index contributed by atoms with van der Waals surface area (Å²) in [5.41, 5.74) is 3.78. The Hall–Kier alpha value is -1.46. The highest BCUT2D eigenvalue weighted by Crippen LogP contribution is 2.25. The molecule has 0 spiro atoms. The van der Waals surface area contributed by atoms with E-state index < -0.39 is 6.10 Å². The van der Waals surface area contributed by atoms with E-state index in [1.165, 1.54) is 16.8 Å². The highest BCUT2D eigenvalue weighted by molar-refractivity contribution is 6.30. The maximum atomic E-state index is 10.4. The Bertz CT molecular complexity index is 747. The minimum Gasteiger partial charge on any atom is -0.491 e. The zero-order chi connectivity index (χ0) is 19.9. The fourth-order valence-corrected chi connectivity index (χ4v) is 3.85. The van der Waals surface area contributed by atoms with Gasteiger partial charge in [-0.15, -0.1) is 12.4 Å². The molecule has 1 atom stereocenters. The molecule has 1 N–H and O–H groups in total. The Morgan fingerprint density at radius 2 is 1.76 bits per heavy atom. The van der Waals surface area contributed by atoms with Crippen molar-refractivity contribution >= 4 is 29.7 Å². The average Bonchev–Trinajstić information content (AvgIpc) is 2.70. The van der Waals surface area contributed by atoms with Gasteiger partial charge in [0.1, 0.15) is 18.5 Å². The standard InChI is InChI=1S/C23H31ClN2O2.ClH/c1-3-4-19-6-9-22(10-7-19)28-17-21(27)16-25-11-13-26(14-12-25)23-15-20(24)8-5-18(23)2;/h5-10,15,21,27H,3-4,11-14,16-17H2,1-2H3;1H. The molecule has 4 nitrogen and oxygen atoms in total. The molecule has 29 heavy (non-hydrogen) atoms. The number of benzene rings is 2. The number of aliphatic hydroxyl groups excluding tert-OH is 1. The Labute approximate surface area is 185 Å². The van der Waals surface area contributed by atoms with Crippen LogP contribution in [0.4, 0.5) is 5.69 Å². The summed E-state index contributed by atoms with van der Waals surface area (Å²) in [6.45, 7) is 8.98. The molecule has 0 radical (unpaired) electrons. The highest BCUT2D eigenvalue weighted by atomic mass is 35.5. The molecule has 6 heteroatoms. The summed E-state index contributed by atoms with van der Waals surface area (Å²) in [6.07, 6.45) is 1.74. The van der Waals surface area contributed by atoms with Crippen LogP contribution in [0, 0.1) is 6.92 Å². The molecule has 1 fully saturated rings. The number of rotatable bonds is 8. The lowest BCUT2D eigenvalue weighted by Crippen LogP contribution is -2.49. The van der Waals surface area contributed by atoms with E-state index in [4.69, 9.17) is 16.3 Å². The van der Waals surface area contributed by atoms with Crippen LogP contribution in [0.5, 0.6) is 5.75 Å². The molecule has 1 aliphatic rings. The number of halogens is 2. The number of aryl methyl sites for hydroxylation is 2. The fraction of sp³-hybridized carbons (Fsp3) is 0.478. The van der Waals surface area contributed by atoms with Crippen molar-refractivity contribution in [1.29, 1.82) is 0 Å². The lowest BCUT2D eigenvalue weighted by atomic mass is 10.1. The van der Waals surface area contributed by atoms with Gasteiger partial charge in [0.2, 0.25) is 0 Å². The molecule has 1 heterocycles. The molecule has 1 aliphatic heterocycles. The van der Waals surface area contributed by atoms with E-state index >= 15 is 0 Å². The van der Waals surface area contributed by atoms with Crippen molar-refractivity contribution < 1.29 is 9.84 Å². The summed E-state index contributed by atoms with van der Waals surface area (Å²) in [4.78, 5) is 4.67. The molecule has 2 aromatic rings. The SMILES string of the molecule is CCCc1ccc(OCC(O)CN2CCN(c3cc(Cl)ccc3C)CC2)cc1.Cl. The average molecular weight is 439 g/mol. The van der Waals surface area contributed by atoms with Crippen LogP contribution >= 0.6 is 24.0 Å². The molecule has 0 aliphatic carbocycles. The van der Waals surface area contributed by atoms with Gasteiger partial charge in [-0.1, -0.05) is 43.1 Å². The van der Waals surface area contributed by atoms with Gasteiger partial charge in [-0.2, -0.15) is 0 Å². The second-order valence-corrected chi connectivity index (χ2v) is 8.01. The third-order valence-electron chi connectivity index (χ3n) is 5.26. The van der Waals surface area contributed by atoms with Gasteiger partial charge in [-0.3, -0.25) is 4.90 Å². The molecule has 0 aromatic heterocycles. The summed E-state index contributed by atoms with van der Waals surface area (Å²) in [5.74, 6) is 0.820. The van der Waals surface area contributed by atoms with Crippen LogP contribution in [-0.4, -0.2) is 55.4 Å². The second kappa shape index (κ2) is 11.7. The van der Waals surface area contributed by atoms with Crippen molar-refractivity contribution in [3.8, 4) is 5.75 Å². The summed E-state index contributed by atoms with van der Waals surface area (Å²) >= 11 is 6.16. The third-order valence-corrected chi connectivity index (χ3v) is 5.49. The molecular weight excluding hydrogens is 407 g/mol. The van der Waals surface area contributed by atoms with Crippen LogP contribution in [0.3, 0.4) is 0 Å². The normalized spacial score (nSPS) is 15.7. The van der Waals surface area contributed by atoms with E-state index in [9.17, 15) is 5.11 Å². The molecule has 160 valence electrons. The van der Waals surface area contributed by atoms with Crippen LogP contribution in [0.15, 0.2) is 42.5 Å². The van der Waals surface area contributed by atoms with E-state index in [1.807, 2.05) is 24.3 Å². The fourth-order valence-electron chi connectivity index (χ4n) is 3.68. The van der Waals surface area contributed by atoms with E-state index in [-0.39, 0.29) is 12.4 Å². The molecular formula is C23H32Cl2N2O2. The lowest BCUT2D eigenvalue weighted by molar-refractivity contribution is 0.0663. The van der Waals surface area contributed by atoms with Gasteiger partial charge in [-0.05, 0) is 48.7 Å². The van der Waals surface area contributed by atoms with Crippen LogP contribution in [-0.2, 0) is 6.42 Å². The zero-order valence-electron chi connectivity index (χ0n) is 17.3. The van der Waals surface area contributed by atoms with Crippen LogP contribution < -0.4 is 9.64 Å². The number of anilines is 1. The number of aliphatic hydroxyl groups is 1. The quantitative estimate of drug-likeness (QED) is 0.653. The minimum absolute atomic E-state index is 0. The first kappa shape index (κ1) is 23.8. The minimum atomic E-state index is -0.491. The second-order valence-electron chi connectivity index (χ2n) is 7.58. The molecule has 3 rings (SSSR count). The van der Waals surface area contributed by atoms with Crippen molar-refractivity contribution in [3.63, 3.8) is 0 Å². The first-order valence-corrected chi connectivity index (χ1v) is 10.6. The molecule has 1 unspecified atom stereocenters. The van der Waals surface area contributed by atoms with Gasteiger partial charge in [0.05, 0.1) is 0 Å². The van der Waals surface area contributed by atoms with Crippen LogP contribution in [0.2, 0.25) is 5.02 Å². The lowest BCUT2D eigenvalue weighted by Gasteiger charge is -2.37. The maximum absolute atomic E-state index is 10.4. The number of nitrogens with zero attached hydrogens (tertiary/aromatic N) is 2. The molecule has 0 bridgehead atoms. The highest BCUT2D eigenvalue weighted by Gasteiger charge is 2.20. The number of ether oxygens (including phenoxy) is 1. The number of hydrogen-bond donors (Lipinski definition) is 1. The van der Waals surface area contributed by atoms with Gasteiger partial charge in [0.15, 0.2) is 0 Å². The first-order valence-electron chi connectivity index (χ1n) is 10.2. The van der Waals surface area contributed by atoms with Crippen LogP contribution in [0.25, 0.3) is 0 Å². The molecule has 1 saturated heterocycles. The summed E-state index contributed by atoms with van der Waals surface area (Å²) < 4.78 is 5.76. The third kappa shape index (κ3) is 7.07. The van der Waals surface area contributed by atoms with Crippen LogP contribution in [0.1, 0.15) is 24.5 Å². The smallest absolute Gasteiger partial charge is 0.119 e. The topological polar surface area (TPSA) is 35.9 Å². The number of piperazine rings is 1. The summed E-state index contributed by atoms with van der Waals surface area (Å²) in [5, 5.41) is 11.1. The molecule has 2 aromatic carbocycles. The van der Waals surface area contributed by atoms with Crippen molar-refractivity contribution in [1.82, 2.24) is 4.90 Å². The Kier molecular flexibility index (Phi) is 9.57. The summed E-state index contributed by atoms with van der Waals surface area (Å²) in [7, 11) is 0. The first-order chi connectivity index (χ1) is 13.5. The van der Waals surface area contributed by atoms with E-state index in [0.717, 1.165) is 49.8 Å². The largest absolute Gasteiger partial charge is 0.491 e. The molecule has 0 amide bonds. The van der Waals surface area contributed by atoms with Gasteiger partial charge >= 0.3 is 0 Å². The molecule has 0 saturated carbocycles. The van der Waals surface area contributed by atoms with Crippen molar-refractivity contribution in [2.24, 2.45) is 0 Å². The van der Waals surface area contributed by atoms with E-state index in [0.29, 0.717) is 13.2 Å². The Morgan fingerprint density at radius 1 is 1.07 bits per heavy atom. The summed E-state index contributed by atoms with van der Waals surface area (Å²) in [6, 6.07) is 14.2. The Balaban J connectivity index is 0.00000300. The monoisotopic (exact) mass is 438 g/mol. The van der Waals surface area contributed by atoms with Gasteiger partial charge < -0.3 is 14.7 Å². The van der Waals surface area contributed by atoms with Gasteiger partial charge in [0, 0.05) is 43.4 Å². The van der Waals surface area contributed by atoms with Crippen molar-refractivity contribution in [3.05, 3.63) is 58.6 Å². The number of hydrogen-bond acceptors (Lipinski definition) is 4. The number of β-amino-alcohol motifs (C(OH)–C–C–N with tert-alkyl or cyclic N) is 1. The van der Waals surface area contributed by atoms with Gasteiger partial charge in [0.25, 0.3) is 0 Å². The van der Waals surface area contributed by atoms with E-state index in [1.54, 1.807) is 0 Å². The van der Waals surface area contributed by atoms with Crippen molar-refractivity contribution in [2.45, 2.75) is 32.8 Å². The zero-order valence-corrected chi connectivity index (χ0v) is 18.9. The predicted molar refractivity (Wildman–Crippen MR) is 124 cm³/mol. The van der Waals surface area contributed by atoms with Gasteiger partial charge in [-0.25, -0.2) is 0 Å². The van der Waals surface area contributed by atoms with E-state index in [2.05, 4.69) is 41.8 Å².